The molecule has 98 valence electrons. The van der Waals surface area contributed by atoms with Gasteiger partial charge in [-0.25, -0.2) is 0 Å². The highest BCUT2D eigenvalue weighted by molar-refractivity contribution is 5.84. The fourth-order valence-electron chi connectivity index (χ4n) is 2.60. The van der Waals surface area contributed by atoms with Crippen LogP contribution in [0.5, 0.6) is 0 Å². The van der Waals surface area contributed by atoms with Crippen LogP contribution in [0.1, 0.15) is 38.1 Å². The SMILES string of the molecule is CCN1C(=O)C(C(C)C)NC1c1ccccc1C. The molecule has 1 N–H and O–H groups in total. The Morgan fingerprint density at radius 2 is 2.00 bits per heavy atom. The molecular weight excluding hydrogens is 224 g/mol. The van der Waals surface area contributed by atoms with Gasteiger partial charge in [0.2, 0.25) is 5.91 Å². The van der Waals surface area contributed by atoms with Crippen LogP contribution in [0.15, 0.2) is 24.3 Å². The minimum absolute atomic E-state index is 0.0242. The summed E-state index contributed by atoms with van der Waals surface area (Å²) >= 11 is 0. The lowest BCUT2D eigenvalue weighted by atomic mass is 10.0. The van der Waals surface area contributed by atoms with E-state index >= 15 is 0 Å². The number of nitrogens with one attached hydrogen (secondary N) is 1. The smallest absolute Gasteiger partial charge is 0.241 e. The van der Waals surface area contributed by atoms with Gasteiger partial charge in [0.25, 0.3) is 0 Å². The number of carbonyl (C=O) groups excluding carboxylic acids is 1. The molecule has 2 unspecified atom stereocenters. The normalized spacial score (nSPS) is 24.1. The van der Waals surface area contributed by atoms with Crippen molar-refractivity contribution in [3.8, 4) is 0 Å². The summed E-state index contributed by atoms with van der Waals surface area (Å²) in [7, 11) is 0. The predicted molar refractivity (Wildman–Crippen MR) is 73.1 cm³/mol. The molecule has 1 amide bonds. The molecule has 1 aromatic carbocycles. The first-order valence-electron chi connectivity index (χ1n) is 6.68. The van der Waals surface area contributed by atoms with Crippen LogP contribution in [0.3, 0.4) is 0 Å². The van der Waals surface area contributed by atoms with Crippen LogP contribution >= 0.6 is 0 Å². The fourth-order valence-corrected chi connectivity index (χ4v) is 2.60. The Bertz CT molecular complexity index is 442. The molecule has 1 aromatic rings. The lowest BCUT2D eigenvalue weighted by Crippen LogP contribution is -2.34. The van der Waals surface area contributed by atoms with E-state index in [1.54, 1.807) is 0 Å². The summed E-state index contributed by atoms with van der Waals surface area (Å²) in [4.78, 5) is 14.3. The molecule has 0 spiro atoms. The van der Waals surface area contributed by atoms with Gasteiger partial charge < -0.3 is 4.90 Å². The number of benzene rings is 1. The molecule has 3 nitrogen and oxygen atoms in total. The van der Waals surface area contributed by atoms with Gasteiger partial charge in [-0.2, -0.15) is 0 Å². The molecule has 2 atom stereocenters. The highest BCUT2D eigenvalue weighted by Gasteiger charge is 2.40. The Hall–Kier alpha value is -1.35. The Labute approximate surface area is 109 Å². The molecule has 18 heavy (non-hydrogen) atoms. The van der Waals surface area contributed by atoms with Gasteiger partial charge >= 0.3 is 0 Å². The first kappa shape index (κ1) is 13.1. The number of carbonyl (C=O) groups is 1. The van der Waals surface area contributed by atoms with Gasteiger partial charge in [-0.05, 0) is 30.9 Å². The maximum absolute atomic E-state index is 12.3. The maximum atomic E-state index is 12.3. The van der Waals surface area contributed by atoms with Crippen LogP contribution in [0, 0.1) is 12.8 Å². The van der Waals surface area contributed by atoms with E-state index in [1.807, 2.05) is 24.0 Å². The number of hydrogen-bond donors (Lipinski definition) is 1. The van der Waals surface area contributed by atoms with Crippen LogP contribution in [-0.4, -0.2) is 23.4 Å². The number of likely N-dealkylation sites (N-methyl/N-ethyl adjacent to an activating group) is 1. The average Bonchev–Trinajstić information content (AvgIpc) is 2.67. The van der Waals surface area contributed by atoms with Crippen molar-refractivity contribution in [2.75, 3.05) is 6.54 Å². The van der Waals surface area contributed by atoms with Crippen molar-refractivity contribution in [2.45, 2.75) is 39.9 Å². The molecule has 3 heteroatoms. The van der Waals surface area contributed by atoms with Gasteiger partial charge in [0.05, 0.1) is 6.04 Å². The topological polar surface area (TPSA) is 32.3 Å². The van der Waals surface area contributed by atoms with Gasteiger partial charge in [-0.15, -0.1) is 0 Å². The van der Waals surface area contributed by atoms with Crippen molar-refractivity contribution in [3.05, 3.63) is 35.4 Å². The highest BCUT2D eigenvalue weighted by atomic mass is 16.2. The lowest BCUT2D eigenvalue weighted by Gasteiger charge is -2.24. The van der Waals surface area contributed by atoms with E-state index in [-0.39, 0.29) is 18.1 Å². The summed E-state index contributed by atoms with van der Waals surface area (Å²) < 4.78 is 0. The maximum Gasteiger partial charge on any atom is 0.241 e. The van der Waals surface area contributed by atoms with Crippen LogP contribution in [0.4, 0.5) is 0 Å². The number of amides is 1. The molecule has 0 radical (unpaired) electrons. The zero-order chi connectivity index (χ0) is 13.3. The van der Waals surface area contributed by atoms with Crippen LogP contribution < -0.4 is 5.32 Å². The average molecular weight is 246 g/mol. The minimum Gasteiger partial charge on any atom is -0.322 e. The lowest BCUT2D eigenvalue weighted by molar-refractivity contribution is -0.130. The van der Waals surface area contributed by atoms with Crippen molar-refractivity contribution in [3.63, 3.8) is 0 Å². The minimum atomic E-state index is -0.0606. The second kappa shape index (κ2) is 5.11. The third-order valence-electron chi connectivity index (χ3n) is 3.69. The van der Waals surface area contributed by atoms with E-state index in [2.05, 4.69) is 38.2 Å². The van der Waals surface area contributed by atoms with E-state index in [0.29, 0.717) is 5.92 Å². The number of aryl methyl sites for hydroxylation is 1. The van der Waals surface area contributed by atoms with Crippen LogP contribution in [0.2, 0.25) is 0 Å². The molecule has 0 bridgehead atoms. The largest absolute Gasteiger partial charge is 0.322 e. The zero-order valence-electron chi connectivity index (χ0n) is 11.6. The Morgan fingerprint density at radius 3 is 2.56 bits per heavy atom. The Morgan fingerprint density at radius 1 is 1.33 bits per heavy atom. The van der Waals surface area contributed by atoms with E-state index < -0.39 is 0 Å². The summed E-state index contributed by atoms with van der Waals surface area (Å²) in [6, 6.07) is 8.20. The van der Waals surface area contributed by atoms with Crippen molar-refractivity contribution in [1.82, 2.24) is 10.2 Å². The Balaban J connectivity index is 2.34. The van der Waals surface area contributed by atoms with Gasteiger partial charge in [0, 0.05) is 6.54 Å². The van der Waals surface area contributed by atoms with Gasteiger partial charge in [-0.1, -0.05) is 38.1 Å². The summed E-state index contributed by atoms with van der Waals surface area (Å²) in [5, 5.41) is 3.47. The number of nitrogens with zero attached hydrogens (tertiary/aromatic N) is 1. The molecular formula is C15H22N2O. The molecule has 0 saturated carbocycles. The monoisotopic (exact) mass is 246 g/mol. The van der Waals surface area contributed by atoms with Gasteiger partial charge in [-0.3, -0.25) is 10.1 Å². The zero-order valence-corrected chi connectivity index (χ0v) is 11.6. The molecule has 0 aromatic heterocycles. The van der Waals surface area contributed by atoms with Gasteiger partial charge in [0.1, 0.15) is 6.17 Å². The third kappa shape index (κ3) is 2.15. The molecule has 2 rings (SSSR count). The summed E-state index contributed by atoms with van der Waals surface area (Å²) in [6.45, 7) is 9.05. The summed E-state index contributed by atoms with van der Waals surface area (Å²) in [6.07, 6.45) is 0.0242. The second-order valence-electron chi connectivity index (χ2n) is 5.27. The third-order valence-corrected chi connectivity index (χ3v) is 3.69. The van der Waals surface area contributed by atoms with E-state index in [4.69, 9.17) is 0 Å². The number of hydrogen-bond acceptors (Lipinski definition) is 2. The quantitative estimate of drug-likeness (QED) is 0.888. The van der Waals surface area contributed by atoms with Crippen molar-refractivity contribution in [1.29, 1.82) is 0 Å². The van der Waals surface area contributed by atoms with Crippen molar-refractivity contribution < 1.29 is 4.79 Å². The molecule has 1 saturated heterocycles. The Kier molecular flexibility index (Phi) is 3.71. The van der Waals surface area contributed by atoms with Crippen molar-refractivity contribution >= 4 is 5.91 Å². The van der Waals surface area contributed by atoms with E-state index in [0.717, 1.165) is 6.54 Å². The van der Waals surface area contributed by atoms with Crippen molar-refractivity contribution in [2.24, 2.45) is 5.92 Å². The molecule has 0 aliphatic carbocycles. The molecule has 1 aliphatic heterocycles. The van der Waals surface area contributed by atoms with Crippen LogP contribution in [0.25, 0.3) is 0 Å². The fraction of sp³-hybridized carbons (Fsp3) is 0.533. The first-order valence-corrected chi connectivity index (χ1v) is 6.68. The summed E-state index contributed by atoms with van der Waals surface area (Å²) in [5.41, 5.74) is 2.43. The van der Waals surface area contributed by atoms with E-state index in [1.165, 1.54) is 11.1 Å². The van der Waals surface area contributed by atoms with E-state index in [9.17, 15) is 4.79 Å². The van der Waals surface area contributed by atoms with Crippen LogP contribution in [-0.2, 0) is 4.79 Å². The molecule has 1 fully saturated rings. The predicted octanol–water partition coefficient (Wildman–Crippen LogP) is 2.47. The molecule has 1 aliphatic rings. The summed E-state index contributed by atoms with van der Waals surface area (Å²) in [5.74, 6) is 0.543. The highest BCUT2D eigenvalue weighted by Crippen LogP contribution is 2.29. The first-order chi connectivity index (χ1) is 8.56. The second-order valence-corrected chi connectivity index (χ2v) is 5.27. The standard InChI is InChI=1S/C15H22N2O/c1-5-17-14(12-9-7-6-8-11(12)4)16-13(10(2)3)15(17)18/h6-10,13-14,16H,5H2,1-4H3. The number of rotatable bonds is 3. The van der Waals surface area contributed by atoms with Gasteiger partial charge in [0.15, 0.2) is 0 Å². The molecule has 1 heterocycles.